The summed E-state index contributed by atoms with van der Waals surface area (Å²) in [4.78, 5) is 21.6. The Morgan fingerprint density at radius 2 is 2.31 bits per heavy atom. The Morgan fingerprint density at radius 1 is 1.38 bits per heavy atom. The topological polar surface area (TPSA) is 58.6 Å². The number of rotatable bonds is 1. The number of nitrogens with one attached hydrogen (secondary N) is 1. The Hall–Kier alpha value is -1.97. The number of pyridine rings is 1. The van der Waals surface area contributed by atoms with Crippen molar-refractivity contribution in [1.82, 2.24) is 15.0 Å². The van der Waals surface area contributed by atoms with Gasteiger partial charge in [-0.2, -0.15) is 0 Å². The van der Waals surface area contributed by atoms with E-state index in [-0.39, 0.29) is 5.56 Å². The second-order valence-corrected chi connectivity index (χ2v) is 2.43. The first-order chi connectivity index (χ1) is 6.38. The third kappa shape index (κ3) is 1.46. The molecule has 0 fully saturated rings. The van der Waals surface area contributed by atoms with E-state index in [0.29, 0.717) is 11.3 Å². The lowest BCUT2D eigenvalue weighted by atomic mass is 10.2. The highest BCUT2D eigenvalue weighted by molar-refractivity contribution is 5.55. The van der Waals surface area contributed by atoms with Crippen molar-refractivity contribution < 1.29 is 0 Å². The molecule has 0 saturated heterocycles. The van der Waals surface area contributed by atoms with Crippen molar-refractivity contribution in [2.45, 2.75) is 0 Å². The van der Waals surface area contributed by atoms with Crippen molar-refractivity contribution in [3.63, 3.8) is 0 Å². The minimum atomic E-state index is -0.181. The van der Waals surface area contributed by atoms with E-state index in [1.165, 1.54) is 12.4 Å². The molecule has 2 heterocycles. The van der Waals surface area contributed by atoms with Crippen molar-refractivity contribution in [2.75, 3.05) is 0 Å². The van der Waals surface area contributed by atoms with E-state index in [4.69, 9.17) is 0 Å². The molecule has 4 heteroatoms. The molecular weight excluding hydrogens is 166 g/mol. The third-order valence-electron chi connectivity index (χ3n) is 1.59. The van der Waals surface area contributed by atoms with Gasteiger partial charge < -0.3 is 4.98 Å². The van der Waals surface area contributed by atoms with E-state index < -0.39 is 0 Å². The summed E-state index contributed by atoms with van der Waals surface area (Å²) in [6.45, 7) is 0. The predicted octanol–water partition coefficient (Wildman–Crippen LogP) is 0.632. The van der Waals surface area contributed by atoms with E-state index >= 15 is 0 Å². The summed E-state index contributed by atoms with van der Waals surface area (Å²) in [5.74, 6) is 0. The SMILES string of the molecule is O=c1[nH]cccc1-c1[c]nccn1. The molecule has 2 rings (SSSR count). The summed E-state index contributed by atoms with van der Waals surface area (Å²) < 4.78 is 0. The molecule has 4 nitrogen and oxygen atoms in total. The van der Waals surface area contributed by atoms with E-state index in [1.54, 1.807) is 18.3 Å². The van der Waals surface area contributed by atoms with Crippen LogP contribution >= 0.6 is 0 Å². The lowest BCUT2D eigenvalue weighted by molar-refractivity contribution is 1.16. The molecule has 0 saturated carbocycles. The maximum atomic E-state index is 11.3. The summed E-state index contributed by atoms with van der Waals surface area (Å²) in [7, 11) is 0. The summed E-state index contributed by atoms with van der Waals surface area (Å²) in [5.41, 5.74) is 0.763. The fourth-order valence-electron chi connectivity index (χ4n) is 1.01. The van der Waals surface area contributed by atoms with E-state index in [0.717, 1.165) is 0 Å². The number of hydrogen-bond acceptors (Lipinski definition) is 3. The van der Waals surface area contributed by atoms with Crippen molar-refractivity contribution in [3.05, 3.63) is 47.3 Å². The highest BCUT2D eigenvalue weighted by atomic mass is 16.1. The standard InChI is InChI=1S/C9H6N3O/c13-9-7(2-1-3-12-9)8-6-10-4-5-11-8/h1-5H,(H,12,13). The summed E-state index contributed by atoms with van der Waals surface area (Å²) >= 11 is 0. The van der Waals surface area contributed by atoms with Gasteiger partial charge in [0.25, 0.3) is 5.56 Å². The maximum Gasteiger partial charge on any atom is 0.257 e. The number of H-pyrrole nitrogens is 1. The highest BCUT2D eigenvalue weighted by Gasteiger charge is 2.02. The van der Waals surface area contributed by atoms with Crippen LogP contribution in [0.1, 0.15) is 0 Å². The first kappa shape index (κ1) is 7.67. The Labute approximate surface area is 74.3 Å². The van der Waals surface area contributed by atoms with Crippen LogP contribution in [0.3, 0.4) is 0 Å². The van der Waals surface area contributed by atoms with Crippen LogP contribution in [0.2, 0.25) is 0 Å². The molecule has 0 atom stereocenters. The average molecular weight is 172 g/mol. The van der Waals surface area contributed by atoms with E-state index in [1.807, 2.05) is 0 Å². The quantitative estimate of drug-likeness (QED) is 0.686. The van der Waals surface area contributed by atoms with Crippen molar-refractivity contribution >= 4 is 0 Å². The minimum Gasteiger partial charge on any atom is -0.329 e. The van der Waals surface area contributed by atoms with Crippen LogP contribution in [0.4, 0.5) is 0 Å². The molecule has 0 bridgehead atoms. The van der Waals surface area contributed by atoms with Gasteiger partial charge in [0.2, 0.25) is 0 Å². The van der Waals surface area contributed by atoms with Gasteiger partial charge in [-0.15, -0.1) is 0 Å². The van der Waals surface area contributed by atoms with Gasteiger partial charge in [0, 0.05) is 18.6 Å². The molecule has 2 aromatic heterocycles. The molecular formula is C9H6N3O. The molecule has 0 amide bonds. The molecule has 0 aromatic carbocycles. The van der Waals surface area contributed by atoms with Crippen molar-refractivity contribution in [2.24, 2.45) is 0 Å². The molecule has 0 unspecified atom stereocenters. The largest absolute Gasteiger partial charge is 0.329 e. The van der Waals surface area contributed by atoms with Gasteiger partial charge >= 0.3 is 0 Å². The molecule has 0 aliphatic carbocycles. The van der Waals surface area contributed by atoms with Crippen molar-refractivity contribution in [3.8, 4) is 11.3 Å². The zero-order chi connectivity index (χ0) is 9.10. The first-order valence-electron chi connectivity index (χ1n) is 3.75. The van der Waals surface area contributed by atoms with Crippen LogP contribution in [-0.4, -0.2) is 15.0 Å². The van der Waals surface area contributed by atoms with Gasteiger partial charge in [-0.1, -0.05) is 0 Å². The van der Waals surface area contributed by atoms with Crippen LogP contribution in [0.15, 0.2) is 35.5 Å². The Kier molecular flexibility index (Phi) is 1.88. The molecule has 63 valence electrons. The van der Waals surface area contributed by atoms with E-state index in [9.17, 15) is 4.79 Å². The zero-order valence-corrected chi connectivity index (χ0v) is 6.69. The third-order valence-corrected chi connectivity index (χ3v) is 1.59. The number of aromatic nitrogens is 3. The monoisotopic (exact) mass is 172 g/mol. The predicted molar refractivity (Wildman–Crippen MR) is 46.9 cm³/mol. The molecule has 1 N–H and O–H groups in total. The number of hydrogen-bond donors (Lipinski definition) is 1. The fraction of sp³-hybridized carbons (Fsp3) is 0. The second kappa shape index (κ2) is 3.18. The van der Waals surface area contributed by atoms with Gasteiger partial charge in [0.1, 0.15) is 11.9 Å². The Morgan fingerprint density at radius 3 is 3.00 bits per heavy atom. The maximum absolute atomic E-state index is 11.3. The molecule has 2 aromatic rings. The van der Waals surface area contributed by atoms with Crippen LogP contribution in [0.5, 0.6) is 0 Å². The summed E-state index contributed by atoms with van der Waals surface area (Å²) in [5, 5.41) is 0. The van der Waals surface area contributed by atoms with Crippen LogP contribution in [0, 0.1) is 6.20 Å². The lowest BCUT2D eigenvalue weighted by Gasteiger charge is -1.95. The molecule has 1 radical (unpaired) electrons. The number of nitrogens with zero attached hydrogens (tertiary/aromatic N) is 2. The van der Waals surface area contributed by atoms with E-state index in [2.05, 4.69) is 21.1 Å². The normalized spacial score (nSPS) is 9.85. The smallest absolute Gasteiger partial charge is 0.257 e. The van der Waals surface area contributed by atoms with Crippen LogP contribution < -0.4 is 5.56 Å². The summed E-state index contributed by atoms with van der Waals surface area (Å²) in [6.07, 6.45) is 7.26. The molecule has 0 aliphatic rings. The highest BCUT2D eigenvalue weighted by Crippen LogP contribution is 2.06. The molecule has 13 heavy (non-hydrogen) atoms. The minimum absolute atomic E-state index is 0.181. The Bertz CT molecular complexity index is 450. The number of aromatic amines is 1. The molecule has 0 aliphatic heterocycles. The van der Waals surface area contributed by atoms with Crippen LogP contribution in [-0.2, 0) is 0 Å². The second-order valence-electron chi connectivity index (χ2n) is 2.43. The van der Waals surface area contributed by atoms with Gasteiger partial charge in [-0.3, -0.25) is 14.8 Å². The fourth-order valence-corrected chi connectivity index (χ4v) is 1.01. The summed E-state index contributed by atoms with van der Waals surface area (Å²) in [6, 6.07) is 3.42. The lowest BCUT2D eigenvalue weighted by Crippen LogP contribution is -2.07. The zero-order valence-electron chi connectivity index (χ0n) is 6.69. The van der Waals surface area contributed by atoms with Gasteiger partial charge in [-0.05, 0) is 12.1 Å². The van der Waals surface area contributed by atoms with Gasteiger partial charge in [0.15, 0.2) is 0 Å². The van der Waals surface area contributed by atoms with Crippen LogP contribution in [0.25, 0.3) is 11.3 Å². The van der Waals surface area contributed by atoms with Crippen molar-refractivity contribution in [1.29, 1.82) is 0 Å². The molecule has 0 spiro atoms. The van der Waals surface area contributed by atoms with Gasteiger partial charge in [0.05, 0.1) is 5.56 Å². The van der Waals surface area contributed by atoms with Gasteiger partial charge in [-0.25, -0.2) is 0 Å². The average Bonchev–Trinajstić information content (AvgIpc) is 2.20. The Balaban J connectivity index is 2.60. The first-order valence-corrected chi connectivity index (χ1v) is 3.75.